The summed E-state index contributed by atoms with van der Waals surface area (Å²) in [5.41, 5.74) is 0.854. The molecule has 6 heteroatoms. The molecule has 1 aromatic heterocycles. The highest BCUT2D eigenvalue weighted by molar-refractivity contribution is 7.90. The maximum Gasteiger partial charge on any atom is 0.186 e. The summed E-state index contributed by atoms with van der Waals surface area (Å²) < 4.78 is 29.9. The highest BCUT2D eigenvalue weighted by Gasteiger charge is 2.21. The quantitative estimate of drug-likeness (QED) is 0.858. The summed E-state index contributed by atoms with van der Waals surface area (Å²) in [6, 6.07) is 9.60. The number of aromatic nitrogens is 1. The van der Waals surface area contributed by atoms with Crippen molar-refractivity contribution in [2.24, 2.45) is 0 Å². The van der Waals surface area contributed by atoms with Crippen LogP contribution < -0.4 is 4.74 Å². The number of rotatable bonds is 4. The summed E-state index contributed by atoms with van der Waals surface area (Å²) >= 11 is 0. The largest absolute Gasteiger partial charge is 0.495 e. The minimum Gasteiger partial charge on any atom is -0.495 e. The van der Waals surface area contributed by atoms with Crippen LogP contribution >= 0.6 is 0 Å². The number of sulfone groups is 1. The second-order valence-electron chi connectivity index (χ2n) is 4.10. The first-order chi connectivity index (χ1) is 9.56. The highest BCUT2D eigenvalue weighted by Crippen LogP contribution is 2.27. The second kappa shape index (κ2) is 5.72. The van der Waals surface area contributed by atoms with E-state index in [4.69, 9.17) is 10.00 Å². The third-order valence-electron chi connectivity index (χ3n) is 2.71. The molecule has 0 fully saturated rings. The Bertz CT molecular complexity index is 750. The Balaban J connectivity index is 2.46. The number of methoxy groups -OCH3 is 1. The minimum absolute atomic E-state index is 0.0166. The Kier molecular flexibility index (Phi) is 4.01. The molecule has 0 aliphatic rings. The molecule has 0 saturated carbocycles. The Hall–Kier alpha value is -2.39. The van der Waals surface area contributed by atoms with Crippen molar-refractivity contribution in [3.8, 4) is 11.8 Å². The van der Waals surface area contributed by atoms with Gasteiger partial charge in [-0.25, -0.2) is 8.42 Å². The molecule has 20 heavy (non-hydrogen) atoms. The first-order valence-electron chi connectivity index (χ1n) is 5.76. The number of benzene rings is 1. The molecule has 0 atom stereocenters. The lowest BCUT2D eigenvalue weighted by Crippen LogP contribution is -2.07. The topological polar surface area (TPSA) is 80.0 Å². The van der Waals surface area contributed by atoms with Gasteiger partial charge in [-0.3, -0.25) is 4.98 Å². The van der Waals surface area contributed by atoms with Crippen LogP contribution in [0.15, 0.2) is 47.6 Å². The lowest BCUT2D eigenvalue weighted by atomic mass is 10.2. The van der Waals surface area contributed by atoms with Crippen molar-refractivity contribution >= 4 is 9.84 Å². The molecular formula is C14H12N2O3S. The van der Waals surface area contributed by atoms with Gasteiger partial charge in [-0.1, -0.05) is 6.07 Å². The van der Waals surface area contributed by atoms with Gasteiger partial charge >= 0.3 is 0 Å². The fourth-order valence-corrected chi connectivity index (χ4v) is 3.30. The Morgan fingerprint density at radius 3 is 2.75 bits per heavy atom. The highest BCUT2D eigenvalue weighted by atomic mass is 32.2. The summed E-state index contributed by atoms with van der Waals surface area (Å²) in [6.07, 6.45) is 3.07. The van der Waals surface area contributed by atoms with Crippen molar-refractivity contribution in [2.75, 3.05) is 7.11 Å². The van der Waals surface area contributed by atoms with E-state index in [1.165, 1.54) is 31.5 Å². The van der Waals surface area contributed by atoms with Gasteiger partial charge in [0.05, 0.1) is 24.5 Å². The third kappa shape index (κ3) is 2.95. The first-order valence-corrected chi connectivity index (χ1v) is 7.42. The van der Waals surface area contributed by atoms with Gasteiger partial charge in [0.2, 0.25) is 0 Å². The van der Waals surface area contributed by atoms with Crippen LogP contribution in [0.2, 0.25) is 0 Å². The summed E-state index contributed by atoms with van der Waals surface area (Å²) in [4.78, 5) is 3.91. The van der Waals surface area contributed by atoms with Gasteiger partial charge < -0.3 is 4.74 Å². The predicted molar refractivity (Wildman–Crippen MR) is 72.8 cm³/mol. The molecule has 0 radical (unpaired) electrons. The third-order valence-corrected chi connectivity index (χ3v) is 4.41. The van der Waals surface area contributed by atoms with Gasteiger partial charge in [-0.15, -0.1) is 0 Å². The number of pyridine rings is 1. The van der Waals surface area contributed by atoms with Crippen molar-refractivity contribution in [3.63, 3.8) is 0 Å². The zero-order valence-corrected chi connectivity index (χ0v) is 11.6. The predicted octanol–water partition coefficient (Wildman–Crippen LogP) is 1.94. The normalized spacial score (nSPS) is 10.8. The van der Waals surface area contributed by atoms with Gasteiger partial charge in [0.25, 0.3) is 0 Å². The molecule has 5 nitrogen and oxygen atoms in total. The molecule has 102 valence electrons. The van der Waals surface area contributed by atoms with Crippen molar-refractivity contribution in [1.82, 2.24) is 4.98 Å². The fourth-order valence-electron chi connectivity index (χ4n) is 1.77. The summed E-state index contributed by atoms with van der Waals surface area (Å²) in [5.74, 6) is 0.0411. The van der Waals surface area contributed by atoms with Gasteiger partial charge in [0.1, 0.15) is 10.6 Å². The number of hydrogen-bond acceptors (Lipinski definition) is 5. The van der Waals surface area contributed by atoms with Crippen LogP contribution in [-0.4, -0.2) is 20.5 Å². The lowest BCUT2D eigenvalue weighted by Gasteiger charge is -2.09. The van der Waals surface area contributed by atoms with Crippen LogP contribution in [-0.2, 0) is 15.6 Å². The number of nitrogens with zero attached hydrogens (tertiary/aromatic N) is 2. The summed E-state index contributed by atoms with van der Waals surface area (Å²) in [7, 11) is -2.21. The number of hydrogen-bond donors (Lipinski definition) is 0. The van der Waals surface area contributed by atoms with Gasteiger partial charge in [0, 0.05) is 12.4 Å². The molecule has 0 N–H and O–H groups in total. The van der Waals surface area contributed by atoms with E-state index in [2.05, 4.69) is 4.98 Å². The lowest BCUT2D eigenvalue weighted by molar-refractivity contribution is 0.402. The molecule has 1 aromatic carbocycles. The zero-order valence-electron chi connectivity index (χ0n) is 10.8. The average Bonchev–Trinajstić information content (AvgIpc) is 2.47. The van der Waals surface area contributed by atoms with Gasteiger partial charge in [-0.2, -0.15) is 5.26 Å². The fraction of sp³-hybridized carbons (Fsp3) is 0.143. The summed E-state index contributed by atoms with van der Waals surface area (Å²) in [6.45, 7) is 0. The van der Waals surface area contributed by atoms with Gasteiger partial charge in [-0.05, 0) is 29.8 Å². The Morgan fingerprint density at radius 2 is 2.15 bits per heavy atom. The van der Waals surface area contributed by atoms with E-state index in [1.54, 1.807) is 18.3 Å². The SMILES string of the molecule is COc1ccc(C#N)cc1S(=O)(=O)Cc1cccnc1. The average molecular weight is 288 g/mol. The molecule has 0 spiro atoms. The first kappa shape index (κ1) is 14.0. The maximum atomic E-state index is 12.4. The van der Waals surface area contributed by atoms with E-state index in [-0.39, 0.29) is 22.0 Å². The standard InChI is InChI=1S/C14H12N2O3S/c1-19-13-5-4-11(8-15)7-14(13)20(17,18)10-12-3-2-6-16-9-12/h2-7,9H,10H2,1H3. The van der Waals surface area contributed by atoms with E-state index in [0.717, 1.165) is 0 Å². The molecule has 0 amide bonds. The number of ether oxygens (including phenoxy) is 1. The zero-order chi connectivity index (χ0) is 14.6. The van der Waals surface area contributed by atoms with Crippen LogP contribution in [0.5, 0.6) is 5.75 Å². The second-order valence-corrected chi connectivity index (χ2v) is 6.06. The van der Waals surface area contributed by atoms with Crippen molar-refractivity contribution in [2.45, 2.75) is 10.6 Å². The minimum atomic E-state index is -3.60. The molecule has 1 heterocycles. The van der Waals surface area contributed by atoms with Crippen molar-refractivity contribution < 1.29 is 13.2 Å². The molecule has 0 aliphatic heterocycles. The molecular weight excluding hydrogens is 276 g/mol. The van der Waals surface area contributed by atoms with Crippen molar-refractivity contribution in [3.05, 3.63) is 53.9 Å². The van der Waals surface area contributed by atoms with Crippen LogP contribution in [0.3, 0.4) is 0 Å². The van der Waals surface area contributed by atoms with Crippen LogP contribution in [0.1, 0.15) is 11.1 Å². The van der Waals surface area contributed by atoms with Crippen LogP contribution in [0.4, 0.5) is 0 Å². The van der Waals surface area contributed by atoms with Gasteiger partial charge in [0.15, 0.2) is 9.84 Å². The maximum absolute atomic E-state index is 12.4. The van der Waals surface area contributed by atoms with E-state index in [9.17, 15) is 8.42 Å². The van der Waals surface area contributed by atoms with E-state index in [1.807, 2.05) is 6.07 Å². The van der Waals surface area contributed by atoms with E-state index >= 15 is 0 Å². The molecule has 0 bridgehead atoms. The molecule has 0 saturated heterocycles. The molecule has 0 unspecified atom stereocenters. The molecule has 2 aromatic rings. The van der Waals surface area contributed by atoms with E-state index < -0.39 is 9.84 Å². The smallest absolute Gasteiger partial charge is 0.186 e. The van der Waals surface area contributed by atoms with Crippen molar-refractivity contribution in [1.29, 1.82) is 5.26 Å². The Labute approximate surface area is 117 Å². The number of nitriles is 1. The monoisotopic (exact) mass is 288 g/mol. The van der Waals surface area contributed by atoms with Crippen LogP contribution in [0, 0.1) is 11.3 Å². The Morgan fingerprint density at radius 1 is 1.35 bits per heavy atom. The van der Waals surface area contributed by atoms with Crippen LogP contribution in [0.25, 0.3) is 0 Å². The molecule has 2 rings (SSSR count). The molecule has 0 aliphatic carbocycles. The van der Waals surface area contributed by atoms with E-state index in [0.29, 0.717) is 5.56 Å². The summed E-state index contributed by atoms with van der Waals surface area (Å²) in [5, 5.41) is 8.89.